The molecule has 0 aliphatic rings. The summed E-state index contributed by atoms with van der Waals surface area (Å²) in [5.74, 6) is 0.389. The highest BCUT2D eigenvalue weighted by molar-refractivity contribution is 6.29. The van der Waals surface area contributed by atoms with E-state index in [1.807, 2.05) is 30.5 Å². The number of hydrogen-bond acceptors (Lipinski definition) is 2. The second-order valence-electron chi connectivity index (χ2n) is 6.66. The maximum atomic E-state index is 12.5. The number of rotatable bonds is 6. The molecule has 0 bridgehead atoms. The number of benzene rings is 1. The average molecular weight is 356 g/mol. The van der Waals surface area contributed by atoms with Gasteiger partial charge in [-0.2, -0.15) is 0 Å². The van der Waals surface area contributed by atoms with Crippen LogP contribution in [0, 0.1) is 5.92 Å². The van der Waals surface area contributed by atoms with Crippen molar-refractivity contribution in [2.75, 3.05) is 6.54 Å². The third kappa shape index (κ3) is 4.20. The summed E-state index contributed by atoms with van der Waals surface area (Å²) < 4.78 is 0. The minimum atomic E-state index is -0.0759. The van der Waals surface area contributed by atoms with E-state index in [0.717, 1.165) is 22.0 Å². The fourth-order valence-corrected chi connectivity index (χ4v) is 3.07. The van der Waals surface area contributed by atoms with Gasteiger partial charge in [0.25, 0.3) is 0 Å². The van der Waals surface area contributed by atoms with E-state index in [4.69, 9.17) is 11.6 Å². The topological polar surface area (TPSA) is 57.8 Å². The molecule has 5 heteroatoms. The van der Waals surface area contributed by atoms with Gasteiger partial charge in [0.15, 0.2) is 0 Å². The molecule has 2 aromatic heterocycles. The molecule has 0 spiro atoms. The minimum absolute atomic E-state index is 0.0407. The number of halogens is 1. The molecule has 1 amide bonds. The number of pyridine rings is 1. The van der Waals surface area contributed by atoms with E-state index in [-0.39, 0.29) is 11.8 Å². The normalized spacial score (nSPS) is 12.5. The number of fused-ring (bicyclic) bond motifs is 1. The molecule has 1 aromatic carbocycles. The summed E-state index contributed by atoms with van der Waals surface area (Å²) in [5, 5.41) is 4.58. The Kier molecular flexibility index (Phi) is 5.39. The molecule has 3 rings (SSSR count). The molecule has 4 nitrogen and oxygen atoms in total. The van der Waals surface area contributed by atoms with E-state index in [1.165, 1.54) is 0 Å². The summed E-state index contributed by atoms with van der Waals surface area (Å²) in [4.78, 5) is 20.0. The third-order valence-corrected chi connectivity index (χ3v) is 4.47. The molecule has 2 N–H and O–H groups in total. The number of H-pyrrole nitrogens is 1. The van der Waals surface area contributed by atoms with Gasteiger partial charge in [-0.3, -0.25) is 4.79 Å². The Morgan fingerprint density at radius 3 is 2.76 bits per heavy atom. The molecule has 0 radical (unpaired) electrons. The Morgan fingerprint density at radius 2 is 2.04 bits per heavy atom. The molecule has 25 heavy (non-hydrogen) atoms. The van der Waals surface area contributed by atoms with Gasteiger partial charge in [0.2, 0.25) is 5.91 Å². The van der Waals surface area contributed by atoms with Gasteiger partial charge >= 0.3 is 0 Å². The van der Waals surface area contributed by atoms with Gasteiger partial charge in [0.05, 0.1) is 0 Å². The van der Waals surface area contributed by atoms with Gasteiger partial charge < -0.3 is 10.3 Å². The molecule has 0 aliphatic carbocycles. The number of carbonyl (C=O) groups excluding carboxylic acids is 1. The lowest BCUT2D eigenvalue weighted by Gasteiger charge is -2.17. The summed E-state index contributed by atoms with van der Waals surface area (Å²) >= 11 is 5.93. The molecule has 0 fully saturated rings. The Bertz CT molecular complexity index is 855. The predicted octanol–water partition coefficient (Wildman–Crippen LogP) is 4.51. The molecule has 1 unspecified atom stereocenters. The molecule has 0 saturated heterocycles. The van der Waals surface area contributed by atoms with Crippen LogP contribution in [0.25, 0.3) is 10.9 Å². The van der Waals surface area contributed by atoms with Crippen molar-refractivity contribution in [2.24, 2.45) is 5.92 Å². The van der Waals surface area contributed by atoms with Crippen molar-refractivity contribution in [1.82, 2.24) is 15.3 Å². The van der Waals surface area contributed by atoms with Crippen molar-refractivity contribution in [3.05, 3.63) is 65.1 Å². The SMILES string of the molecule is CC(C)CNC(=O)CC(c1ccc(Cl)nc1)c1c[nH]c2ccccc12. The van der Waals surface area contributed by atoms with E-state index in [1.54, 1.807) is 12.3 Å². The van der Waals surface area contributed by atoms with Crippen molar-refractivity contribution in [3.63, 3.8) is 0 Å². The monoisotopic (exact) mass is 355 g/mol. The molecule has 0 saturated carbocycles. The van der Waals surface area contributed by atoms with Crippen LogP contribution >= 0.6 is 11.6 Å². The summed E-state index contributed by atoms with van der Waals surface area (Å²) in [7, 11) is 0. The average Bonchev–Trinajstić information content (AvgIpc) is 3.03. The Morgan fingerprint density at radius 1 is 1.24 bits per heavy atom. The largest absolute Gasteiger partial charge is 0.361 e. The highest BCUT2D eigenvalue weighted by Gasteiger charge is 2.21. The molecular weight excluding hydrogens is 334 g/mol. The zero-order valence-corrected chi connectivity index (χ0v) is 15.2. The number of aromatic amines is 1. The molecule has 130 valence electrons. The van der Waals surface area contributed by atoms with Crippen LogP contribution in [-0.2, 0) is 4.79 Å². The van der Waals surface area contributed by atoms with Crippen molar-refractivity contribution < 1.29 is 4.79 Å². The third-order valence-electron chi connectivity index (χ3n) is 4.25. The van der Waals surface area contributed by atoms with Crippen LogP contribution in [0.4, 0.5) is 0 Å². The smallest absolute Gasteiger partial charge is 0.220 e. The highest BCUT2D eigenvalue weighted by atomic mass is 35.5. The van der Waals surface area contributed by atoms with Gasteiger partial charge in [-0.05, 0) is 29.2 Å². The molecule has 2 heterocycles. The summed E-state index contributed by atoms with van der Waals surface area (Å²) in [5.41, 5.74) is 3.14. The summed E-state index contributed by atoms with van der Waals surface area (Å²) in [6, 6.07) is 11.8. The molecule has 0 aliphatic heterocycles. The summed E-state index contributed by atoms with van der Waals surface area (Å²) in [6.45, 7) is 4.85. The van der Waals surface area contributed by atoms with Gasteiger partial charge in [0, 0.05) is 42.2 Å². The second kappa shape index (κ2) is 7.70. The Balaban J connectivity index is 1.94. The van der Waals surface area contributed by atoms with Crippen LogP contribution in [0.2, 0.25) is 5.15 Å². The zero-order chi connectivity index (χ0) is 17.8. The van der Waals surface area contributed by atoms with Crippen molar-refractivity contribution in [1.29, 1.82) is 0 Å². The van der Waals surface area contributed by atoms with Gasteiger partial charge in [-0.1, -0.05) is 49.7 Å². The first kappa shape index (κ1) is 17.5. The Hall–Kier alpha value is -2.33. The zero-order valence-electron chi connectivity index (χ0n) is 14.4. The van der Waals surface area contributed by atoms with Crippen LogP contribution in [0.15, 0.2) is 48.8 Å². The van der Waals surface area contributed by atoms with Crippen LogP contribution in [0.1, 0.15) is 37.3 Å². The van der Waals surface area contributed by atoms with E-state index < -0.39 is 0 Å². The van der Waals surface area contributed by atoms with E-state index in [9.17, 15) is 4.79 Å². The number of carbonyl (C=O) groups is 1. The van der Waals surface area contributed by atoms with Gasteiger partial charge in [0.1, 0.15) is 5.15 Å². The van der Waals surface area contributed by atoms with E-state index in [0.29, 0.717) is 24.0 Å². The van der Waals surface area contributed by atoms with Crippen molar-refractivity contribution >= 4 is 28.4 Å². The minimum Gasteiger partial charge on any atom is -0.361 e. The number of nitrogens with one attached hydrogen (secondary N) is 2. The lowest BCUT2D eigenvalue weighted by molar-refractivity contribution is -0.121. The number of para-hydroxylation sites is 1. The fourth-order valence-electron chi connectivity index (χ4n) is 2.96. The maximum Gasteiger partial charge on any atom is 0.220 e. The molecular formula is C20H22ClN3O. The Labute approximate surface area is 152 Å². The summed E-state index contributed by atoms with van der Waals surface area (Å²) in [6.07, 6.45) is 4.11. The first-order chi connectivity index (χ1) is 12.0. The van der Waals surface area contributed by atoms with Crippen LogP contribution in [-0.4, -0.2) is 22.4 Å². The predicted molar refractivity (Wildman–Crippen MR) is 102 cm³/mol. The molecule has 1 atom stereocenters. The lowest BCUT2D eigenvalue weighted by Crippen LogP contribution is -2.28. The fraction of sp³-hybridized carbons (Fsp3) is 0.300. The lowest BCUT2D eigenvalue weighted by atomic mass is 9.89. The van der Waals surface area contributed by atoms with E-state index in [2.05, 4.69) is 35.2 Å². The highest BCUT2D eigenvalue weighted by Crippen LogP contribution is 2.33. The quantitative estimate of drug-likeness (QED) is 0.639. The van der Waals surface area contributed by atoms with Gasteiger partial charge in [-0.25, -0.2) is 4.98 Å². The number of nitrogens with zero attached hydrogens (tertiary/aromatic N) is 1. The first-order valence-electron chi connectivity index (χ1n) is 8.48. The van der Waals surface area contributed by atoms with E-state index >= 15 is 0 Å². The van der Waals surface area contributed by atoms with Crippen LogP contribution < -0.4 is 5.32 Å². The van der Waals surface area contributed by atoms with Crippen molar-refractivity contribution in [3.8, 4) is 0 Å². The van der Waals surface area contributed by atoms with Crippen molar-refractivity contribution in [2.45, 2.75) is 26.2 Å². The first-order valence-corrected chi connectivity index (χ1v) is 8.86. The number of hydrogen-bond donors (Lipinski definition) is 2. The van der Waals surface area contributed by atoms with Crippen LogP contribution in [0.3, 0.4) is 0 Å². The van der Waals surface area contributed by atoms with Gasteiger partial charge in [-0.15, -0.1) is 0 Å². The van der Waals surface area contributed by atoms with Crippen LogP contribution in [0.5, 0.6) is 0 Å². The second-order valence-corrected chi connectivity index (χ2v) is 7.05. The molecule has 3 aromatic rings. The maximum absolute atomic E-state index is 12.5. The standard InChI is InChI=1S/C20H22ClN3O/c1-13(2)10-24-20(25)9-16(14-7-8-19(21)23-11-14)17-12-22-18-6-4-3-5-15(17)18/h3-8,11-13,16,22H,9-10H2,1-2H3,(H,24,25). The number of amides is 1. The number of aromatic nitrogens is 2.